The maximum Gasteiger partial charge on any atom is 0.233 e. The van der Waals surface area contributed by atoms with Gasteiger partial charge in [0, 0.05) is 37.4 Å². The molecule has 34 heavy (non-hydrogen) atoms. The van der Waals surface area contributed by atoms with Crippen LogP contribution in [0.1, 0.15) is 0 Å². The molecule has 4 aromatic rings. The van der Waals surface area contributed by atoms with E-state index in [0.29, 0.717) is 44.3 Å². The molecule has 10 heteroatoms. The number of fused-ring (bicyclic) bond motifs is 1. The molecule has 2 aromatic carbocycles. The zero-order valence-corrected chi connectivity index (χ0v) is 18.8. The van der Waals surface area contributed by atoms with Gasteiger partial charge in [-0.25, -0.2) is 4.98 Å². The van der Waals surface area contributed by atoms with E-state index in [0.717, 1.165) is 54.3 Å². The number of aromatic amines is 1. The lowest BCUT2D eigenvalue weighted by molar-refractivity contribution is 0.121. The van der Waals surface area contributed by atoms with Crippen LogP contribution in [0.4, 0.5) is 23.5 Å². The third kappa shape index (κ3) is 4.37. The van der Waals surface area contributed by atoms with E-state index in [9.17, 15) is 0 Å². The second-order valence-electron chi connectivity index (χ2n) is 8.26. The van der Waals surface area contributed by atoms with E-state index in [4.69, 9.17) is 24.4 Å². The topological polar surface area (TPSA) is 104 Å². The van der Waals surface area contributed by atoms with Crippen LogP contribution in [-0.2, 0) is 9.47 Å². The maximum atomic E-state index is 5.50. The first-order valence-electron chi connectivity index (χ1n) is 11.6. The smallest absolute Gasteiger partial charge is 0.233 e. The number of imidazole rings is 1. The largest absolute Gasteiger partial charge is 0.378 e. The van der Waals surface area contributed by atoms with E-state index in [-0.39, 0.29) is 0 Å². The standard InChI is InChI=1S/C24H26N8O2/c1-2-4-20-19(3-1)26-21(27-20)17-5-7-18(8-6-17)25-22-28-23(31-9-13-33-14-10-31)30-24(29-22)32-11-15-34-16-12-32/h1-8H,9-16H2,(H,26,27)(H,25,28,29,30). The number of aromatic nitrogens is 5. The lowest BCUT2D eigenvalue weighted by atomic mass is 10.2. The molecular formula is C24H26N8O2. The van der Waals surface area contributed by atoms with E-state index in [1.807, 2.05) is 48.5 Å². The SMILES string of the molecule is c1ccc2[nH]c(-c3ccc(Nc4nc(N5CCOCC5)nc(N5CCOCC5)n4)cc3)nc2c1. The third-order valence-electron chi connectivity index (χ3n) is 6.00. The zero-order chi connectivity index (χ0) is 22.7. The first-order valence-corrected chi connectivity index (χ1v) is 11.6. The summed E-state index contributed by atoms with van der Waals surface area (Å²) in [7, 11) is 0. The molecule has 4 heterocycles. The maximum absolute atomic E-state index is 5.50. The fraction of sp³-hybridized carbons (Fsp3) is 0.333. The second-order valence-corrected chi connectivity index (χ2v) is 8.26. The van der Waals surface area contributed by atoms with Crippen molar-refractivity contribution >= 4 is 34.6 Å². The van der Waals surface area contributed by atoms with Gasteiger partial charge in [-0.2, -0.15) is 15.0 Å². The summed E-state index contributed by atoms with van der Waals surface area (Å²) in [5, 5.41) is 3.36. The summed E-state index contributed by atoms with van der Waals surface area (Å²) in [6.07, 6.45) is 0. The van der Waals surface area contributed by atoms with Crippen LogP contribution in [0, 0.1) is 0 Å². The Morgan fingerprint density at radius 2 is 1.32 bits per heavy atom. The zero-order valence-electron chi connectivity index (χ0n) is 18.8. The van der Waals surface area contributed by atoms with Crippen molar-refractivity contribution in [3.8, 4) is 11.4 Å². The average Bonchev–Trinajstić information content (AvgIpc) is 3.34. The molecule has 10 nitrogen and oxygen atoms in total. The van der Waals surface area contributed by atoms with E-state index in [1.165, 1.54) is 0 Å². The Hall–Kier alpha value is -3.76. The number of ether oxygens (including phenoxy) is 2. The van der Waals surface area contributed by atoms with Crippen LogP contribution in [0.25, 0.3) is 22.4 Å². The van der Waals surface area contributed by atoms with Gasteiger partial charge in [0.1, 0.15) is 5.82 Å². The van der Waals surface area contributed by atoms with Crippen molar-refractivity contribution in [1.29, 1.82) is 0 Å². The van der Waals surface area contributed by atoms with Gasteiger partial charge in [0.25, 0.3) is 0 Å². The molecule has 2 N–H and O–H groups in total. The first kappa shape index (κ1) is 20.8. The Morgan fingerprint density at radius 1 is 0.706 bits per heavy atom. The number of hydrogen-bond donors (Lipinski definition) is 2. The third-order valence-corrected chi connectivity index (χ3v) is 6.00. The van der Waals surface area contributed by atoms with E-state index in [2.05, 4.69) is 25.1 Å². The number of anilines is 4. The molecule has 2 aromatic heterocycles. The van der Waals surface area contributed by atoms with Crippen molar-refractivity contribution in [3.63, 3.8) is 0 Å². The van der Waals surface area contributed by atoms with Gasteiger partial charge in [-0.1, -0.05) is 12.1 Å². The minimum Gasteiger partial charge on any atom is -0.378 e. The monoisotopic (exact) mass is 458 g/mol. The molecule has 0 aliphatic carbocycles. The molecular weight excluding hydrogens is 432 g/mol. The van der Waals surface area contributed by atoms with Gasteiger partial charge in [0.15, 0.2) is 0 Å². The van der Waals surface area contributed by atoms with Crippen molar-refractivity contribution < 1.29 is 9.47 Å². The molecule has 2 fully saturated rings. The molecule has 2 aliphatic heterocycles. The molecule has 0 unspecified atom stereocenters. The van der Waals surface area contributed by atoms with Crippen molar-refractivity contribution in [2.75, 3.05) is 67.7 Å². The Kier molecular flexibility index (Phi) is 5.66. The van der Waals surface area contributed by atoms with Crippen LogP contribution in [0.15, 0.2) is 48.5 Å². The molecule has 0 atom stereocenters. The highest BCUT2D eigenvalue weighted by Crippen LogP contribution is 2.25. The van der Waals surface area contributed by atoms with E-state index in [1.54, 1.807) is 0 Å². The Labute approximate surface area is 197 Å². The van der Waals surface area contributed by atoms with E-state index < -0.39 is 0 Å². The molecule has 0 amide bonds. The number of H-pyrrole nitrogens is 1. The molecule has 0 radical (unpaired) electrons. The van der Waals surface area contributed by atoms with Gasteiger partial charge in [-0.3, -0.25) is 0 Å². The minimum absolute atomic E-state index is 0.523. The Balaban J connectivity index is 1.26. The van der Waals surface area contributed by atoms with Crippen LogP contribution >= 0.6 is 0 Å². The van der Waals surface area contributed by atoms with Gasteiger partial charge >= 0.3 is 0 Å². The van der Waals surface area contributed by atoms with E-state index >= 15 is 0 Å². The molecule has 0 spiro atoms. The van der Waals surface area contributed by atoms with Crippen LogP contribution < -0.4 is 15.1 Å². The molecule has 0 saturated carbocycles. The van der Waals surface area contributed by atoms with Crippen LogP contribution in [-0.4, -0.2) is 77.5 Å². The summed E-state index contributed by atoms with van der Waals surface area (Å²) in [6, 6.07) is 16.1. The quantitative estimate of drug-likeness (QED) is 0.467. The highest BCUT2D eigenvalue weighted by atomic mass is 16.5. The summed E-state index contributed by atoms with van der Waals surface area (Å²) < 4.78 is 11.0. The van der Waals surface area contributed by atoms with Crippen molar-refractivity contribution in [2.24, 2.45) is 0 Å². The summed E-state index contributed by atoms with van der Waals surface area (Å²) in [6.45, 7) is 5.73. The number of para-hydroxylation sites is 2. The predicted octanol–water partition coefficient (Wildman–Crippen LogP) is 2.83. The fourth-order valence-corrected chi connectivity index (χ4v) is 4.15. The predicted molar refractivity (Wildman–Crippen MR) is 131 cm³/mol. The second kappa shape index (κ2) is 9.24. The van der Waals surface area contributed by atoms with Gasteiger partial charge in [0.05, 0.1) is 37.5 Å². The molecule has 6 rings (SSSR count). The lowest BCUT2D eigenvalue weighted by Gasteiger charge is -2.30. The number of benzene rings is 2. The molecule has 2 saturated heterocycles. The number of hydrogen-bond acceptors (Lipinski definition) is 9. The van der Waals surface area contributed by atoms with Gasteiger partial charge < -0.3 is 29.6 Å². The minimum atomic E-state index is 0.523. The van der Waals surface area contributed by atoms with Crippen LogP contribution in [0.3, 0.4) is 0 Å². The highest BCUT2D eigenvalue weighted by Gasteiger charge is 2.20. The normalized spacial score (nSPS) is 16.7. The van der Waals surface area contributed by atoms with Crippen molar-refractivity contribution in [3.05, 3.63) is 48.5 Å². The number of morpholine rings is 2. The first-order chi connectivity index (χ1) is 16.8. The number of nitrogens with zero attached hydrogens (tertiary/aromatic N) is 6. The van der Waals surface area contributed by atoms with Crippen molar-refractivity contribution in [1.82, 2.24) is 24.9 Å². The Bertz CT molecular complexity index is 1190. The Morgan fingerprint density at radius 3 is 1.94 bits per heavy atom. The summed E-state index contributed by atoms with van der Waals surface area (Å²) >= 11 is 0. The van der Waals surface area contributed by atoms with Crippen LogP contribution in [0.2, 0.25) is 0 Å². The van der Waals surface area contributed by atoms with Gasteiger partial charge in [-0.15, -0.1) is 0 Å². The summed E-state index contributed by atoms with van der Waals surface area (Å²) in [5.41, 5.74) is 3.89. The van der Waals surface area contributed by atoms with Gasteiger partial charge in [0.2, 0.25) is 17.8 Å². The average molecular weight is 459 g/mol. The molecule has 2 aliphatic rings. The van der Waals surface area contributed by atoms with Crippen LogP contribution in [0.5, 0.6) is 0 Å². The van der Waals surface area contributed by atoms with Crippen molar-refractivity contribution in [2.45, 2.75) is 0 Å². The summed E-state index contributed by atoms with van der Waals surface area (Å²) in [5.74, 6) is 2.70. The highest BCUT2D eigenvalue weighted by molar-refractivity contribution is 5.79. The lowest BCUT2D eigenvalue weighted by Crippen LogP contribution is -2.40. The number of rotatable bonds is 5. The molecule has 174 valence electrons. The molecule has 0 bridgehead atoms. The van der Waals surface area contributed by atoms with Gasteiger partial charge in [-0.05, 0) is 36.4 Å². The fourth-order valence-electron chi connectivity index (χ4n) is 4.15. The summed E-state index contributed by atoms with van der Waals surface area (Å²) in [4.78, 5) is 26.5. The number of nitrogens with one attached hydrogen (secondary N) is 2.